The van der Waals surface area contributed by atoms with E-state index in [1.165, 1.54) is 0 Å². The van der Waals surface area contributed by atoms with Crippen LogP contribution in [0.1, 0.15) is 12.0 Å². The fraction of sp³-hybridized carbons (Fsp3) is 0.231. The molecule has 0 aliphatic rings. The van der Waals surface area contributed by atoms with Gasteiger partial charge in [-0.25, -0.2) is 4.98 Å². The van der Waals surface area contributed by atoms with Crippen LogP contribution in [0.2, 0.25) is 0 Å². The van der Waals surface area contributed by atoms with Crippen LogP contribution in [0.25, 0.3) is 0 Å². The molecule has 18 heavy (non-hydrogen) atoms. The molecule has 0 unspecified atom stereocenters. The van der Waals surface area contributed by atoms with Crippen molar-refractivity contribution in [2.75, 3.05) is 11.9 Å². The van der Waals surface area contributed by atoms with Gasteiger partial charge in [0.05, 0.1) is 0 Å². The molecule has 0 fully saturated rings. The lowest BCUT2D eigenvalue weighted by Gasteiger charge is -2.15. The first kappa shape index (κ1) is 12.8. The highest BCUT2D eigenvalue weighted by atomic mass is 79.9. The second kappa shape index (κ2) is 5.82. The second-order valence-electron chi connectivity index (χ2n) is 4.01. The third-order valence-electron chi connectivity index (χ3n) is 2.72. The van der Waals surface area contributed by atoms with E-state index in [1.54, 1.807) is 18.1 Å². The van der Waals surface area contributed by atoms with Crippen LogP contribution in [-0.4, -0.2) is 22.9 Å². The molecule has 0 aliphatic heterocycles. The molecule has 0 atom stereocenters. The van der Waals surface area contributed by atoms with Gasteiger partial charge in [-0.2, -0.15) is 0 Å². The average Bonchev–Trinajstić information content (AvgIpc) is 2.89. The number of hydrogen-bond donors (Lipinski definition) is 1. The molecule has 1 N–H and O–H groups in total. The number of halogens is 1. The number of nitrogens with zero attached hydrogens (tertiary/aromatic N) is 2. The Labute approximate surface area is 114 Å². The molecule has 94 valence electrons. The summed E-state index contributed by atoms with van der Waals surface area (Å²) in [5, 5.41) is 0. The number of amides is 1. The highest BCUT2D eigenvalue weighted by molar-refractivity contribution is 9.10. The van der Waals surface area contributed by atoms with E-state index >= 15 is 0 Å². The van der Waals surface area contributed by atoms with Crippen LogP contribution in [-0.2, 0) is 11.2 Å². The molecule has 0 radical (unpaired) electrons. The Kier molecular flexibility index (Phi) is 4.15. The molecular formula is C13H14BrN3O. The number of pyridine rings is 1. The topological polar surface area (TPSA) is 49.0 Å². The van der Waals surface area contributed by atoms with Crippen LogP contribution in [0.5, 0.6) is 0 Å². The Morgan fingerprint density at radius 1 is 1.44 bits per heavy atom. The maximum atomic E-state index is 12.0. The van der Waals surface area contributed by atoms with Crippen molar-refractivity contribution in [1.29, 1.82) is 0 Å². The van der Waals surface area contributed by atoms with E-state index < -0.39 is 0 Å². The molecule has 2 aromatic rings. The zero-order valence-electron chi connectivity index (χ0n) is 10.1. The standard InChI is InChI=1S/C13H14BrN3O/c1-17(12-4-3-11(14)9-16-12)13(18)5-2-10-6-7-15-8-10/h3-4,6-9,15H,2,5H2,1H3. The summed E-state index contributed by atoms with van der Waals surface area (Å²) < 4.78 is 0.902. The summed E-state index contributed by atoms with van der Waals surface area (Å²) in [6, 6.07) is 5.67. The number of carbonyl (C=O) groups excluding carboxylic acids is 1. The maximum Gasteiger partial charge on any atom is 0.228 e. The molecular weight excluding hydrogens is 294 g/mol. The molecule has 2 heterocycles. The SMILES string of the molecule is CN(C(=O)CCc1cc[nH]c1)c1ccc(Br)cn1. The van der Waals surface area contributed by atoms with Crippen LogP contribution >= 0.6 is 15.9 Å². The number of nitrogens with one attached hydrogen (secondary N) is 1. The zero-order chi connectivity index (χ0) is 13.0. The van der Waals surface area contributed by atoms with Gasteiger partial charge in [-0.3, -0.25) is 9.69 Å². The predicted molar refractivity (Wildman–Crippen MR) is 74.5 cm³/mol. The lowest BCUT2D eigenvalue weighted by molar-refractivity contribution is -0.118. The molecule has 0 aromatic carbocycles. The van der Waals surface area contributed by atoms with Crippen LogP contribution in [0, 0.1) is 0 Å². The number of carbonyl (C=O) groups is 1. The molecule has 0 saturated heterocycles. The summed E-state index contributed by atoms with van der Waals surface area (Å²) >= 11 is 3.32. The van der Waals surface area contributed by atoms with Gasteiger partial charge in [0, 0.05) is 36.5 Å². The summed E-state index contributed by atoms with van der Waals surface area (Å²) in [6.45, 7) is 0. The predicted octanol–water partition coefficient (Wildman–Crippen LogP) is 2.77. The number of H-pyrrole nitrogens is 1. The Morgan fingerprint density at radius 2 is 2.28 bits per heavy atom. The van der Waals surface area contributed by atoms with E-state index in [0.717, 1.165) is 16.5 Å². The number of aromatic amines is 1. The van der Waals surface area contributed by atoms with Gasteiger partial charge < -0.3 is 4.98 Å². The molecule has 5 heteroatoms. The van der Waals surface area contributed by atoms with Crippen molar-refractivity contribution < 1.29 is 4.79 Å². The Morgan fingerprint density at radius 3 is 2.89 bits per heavy atom. The summed E-state index contributed by atoms with van der Waals surface area (Å²) in [6.07, 6.45) is 6.67. The van der Waals surface area contributed by atoms with Gasteiger partial charge >= 0.3 is 0 Å². The minimum atomic E-state index is 0.0611. The van der Waals surface area contributed by atoms with Gasteiger partial charge in [0.1, 0.15) is 5.82 Å². The number of hydrogen-bond acceptors (Lipinski definition) is 2. The van der Waals surface area contributed by atoms with Crippen molar-refractivity contribution in [1.82, 2.24) is 9.97 Å². The molecule has 0 aliphatic carbocycles. The van der Waals surface area contributed by atoms with Gasteiger partial charge in [-0.05, 0) is 46.1 Å². The van der Waals surface area contributed by atoms with E-state index in [-0.39, 0.29) is 5.91 Å². The fourth-order valence-electron chi connectivity index (χ4n) is 1.63. The van der Waals surface area contributed by atoms with E-state index in [9.17, 15) is 4.79 Å². The monoisotopic (exact) mass is 307 g/mol. The van der Waals surface area contributed by atoms with Crippen molar-refractivity contribution in [2.45, 2.75) is 12.8 Å². The Bertz CT molecular complexity index is 508. The van der Waals surface area contributed by atoms with E-state index in [2.05, 4.69) is 25.9 Å². The van der Waals surface area contributed by atoms with E-state index in [0.29, 0.717) is 12.2 Å². The second-order valence-corrected chi connectivity index (χ2v) is 4.92. The van der Waals surface area contributed by atoms with Gasteiger partial charge in [0.2, 0.25) is 5.91 Å². The van der Waals surface area contributed by atoms with Crippen molar-refractivity contribution in [3.63, 3.8) is 0 Å². The molecule has 0 spiro atoms. The number of aryl methyl sites for hydroxylation is 1. The molecule has 1 amide bonds. The van der Waals surface area contributed by atoms with Crippen molar-refractivity contribution in [3.8, 4) is 0 Å². The lowest BCUT2D eigenvalue weighted by Crippen LogP contribution is -2.27. The minimum Gasteiger partial charge on any atom is -0.367 e. The van der Waals surface area contributed by atoms with Gasteiger partial charge in [0.25, 0.3) is 0 Å². The smallest absolute Gasteiger partial charge is 0.228 e. The quantitative estimate of drug-likeness (QED) is 0.944. The van der Waals surface area contributed by atoms with Crippen LogP contribution < -0.4 is 4.90 Å². The number of aromatic nitrogens is 2. The van der Waals surface area contributed by atoms with Crippen molar-refractivity contribution in [3.05, 3.63) is 46.8 Å². The molecule has 0 bridgehead atoms. The summed E-state index contributed by atoms with van der Waals surface area (Å²) in [7, 11) is 1.75. The maximum absolute atomic E-state index is 12.0. The fourth-order valence-corrected chi connectivity index (χ4v) is 1.86. The van der Waals surface area contributed by atoms with Crippen LogP contribution in [0.4, 0.5) is 5.82 Å². The molecule has 2 rings (SSSR count). The van der Waals surface area contributed by atoms with E-state index in [4.69, 9.17) is 0 Å². The summed E-state index contributed by atoms with van der Waals surface area (Å²) in [5.74, 6) is 0.725. The first-order chi connectivity index (χ1) is 8.66. The normalized spacial score (nSPS) is 10.3. The largest absolute Gasteiger partial charge is 0.367 e. The van der Waals surface area contributed by atoms with Crippen LogP contribution in [0.15, 0.2) is 41.3 Å². The van der Waals surface area contributed by atoms with E-state index in [1.807, 2.05) is 30.6 Å². The molecule has 2 aromatic heterocycles. The van der Waals surface area contributed by atoms with Crippen molar-refractivity contribution >= 4 is 27.7 Å². The van der Waals surface area contributed by atoms with Crippen LogP contribution in [0.3, 0.4) is 0 Å². The van der Waals surface area contributed by atoms with Gasteiger partial charge in [0.15, 0.2) is 0 Å². The Hall–Kier alpha value is -1.62. The average molecular weight is 308 g/mol. The van der Waals surface area contributed by atoms with Gasteiger partial charge in [-0.15, -0.1) is 0 Å². The van der Waals surface area contributed by atoms with Gasteiger partial charge in [-0.1, -0.05) is 0 Å². The molecule has 4 nitrogen and oxygen atoms in total. The number of anilines is 1. The highest BCUT2D eigenvalue weighted by Crippen LogP contribution is 2.14. The number of rotatable bonds is 4. The zero-order valence-corrected chi connectivity index (χ0v) is 11.6. The third-order valence-corrected chi connectivity index (χ3v) is 3.19. The third kappa shape index (κ3) is 3.20. The Balaban J connectivity index is 1.94. The minimum absolute atomic E-state index is 0.0611. The summed E-state index contributed by atoms with van der Waals surface area (Å²) in [5.41, 5.74) is 1.14. The highest BCUT2D eigenvalue weighted by Gasteiger charge is 2.11. The first-order valence-electron chi connectivity index (χ1n) is 5.66. The summed E-state index contributed by atoms with van der Waals surface area (Å²) in [4.78, 5) is 20.7. The van der Waals surface area contributed by atoms with Crippen molar-refractivity contribution in [2.24, 2.45) is 0 Å². The first-order valence-corrected chi connectivity index (χ1v) is 6.46. The molecule has 0 saturated carbocycles. The lowest BCUT2D eigenvalue weighted by atomic mass is 10.2.